The van der Waals surface area contributed by atoms with Crippen LogP contribution < -0.4 is 14.2 Å². The summed E-state index contributed by atoms with van der Waals surface area (Å²) in [6, 6.07) is 14.9. The molecular weight excluding hydrogens is 384 g/mol. The van der Waals surface area contributed by atoms with Crippen LogP contribution in [0.2, 0.25) is 0 Å². The second kappa shape index (κ2) is 9.91. The summed E-state index contributed by atoms with van der Waals surface area (Å²) in [6.07, 6.45) is 2.20. The molecule has 0 aliphatic rings. The summed E-state index contributed by atoms with van der Waals surface area (Å²) in [5.41, 5.74) is -0.201. The van der Waals surface area contributed by atoms with Gasteiger partial charge >= 0.3 is 5.97 Å². The van der Waals surface area contributed by atoms with Crippen molar-refractivity contribution in [3.63, 3.8) is 0 Å². The van der Waals surface area contributed by atoms with E-state index in [2.05, 4.69) is 9.97 Å². The van der Waals surface area contributed by atoms with Gasteiger partial charge in [0.15, 0.2) is 5.60 Å². The van der Waals surface area contributed by atoms with Crippen LogP contribution in [0, 0.1) is 0 Å². The van der Waals surface area contributed by atoms with Crippen molar-refractivity contribution in [3.8, 4) is 17.4 Å². The molecule has 2 aromatic carbocycles. The van der Waals surface area contributed by atoms with E-state index in [-0.39, 0.29) is 0 Å². The van der Waals surface area contributed by atoms with Gasteiger partial charge in [0.25, 0.3) is 0 Å². The van der Waals surface area contributed by atoms with Crippen molar-refractivity contribution in [2.45, 2.75) is 32.8 Å². The fraction of sp³-hybridized carbons (Fsp3) is 0.348. The first-order chi connectivity index (χ1) is 14.5. The minimum atomic E-state index is -1.05. The number of para-hydroxylation sites is 1. The molecule has 0 aliphatic carbocycles. The predicted molar refractivity (Wildman–Crippen MR) is 113 cm³/mol. The van der Waals surface area contributed by atoms with Gasteiger partial charge in [-0.1, -0.05) is 12.1 Å². The van der Waals surface area contributed by atoms with Gasteiger partial charge < -0.3 is 18.9 Å². The smallest absolute Gasteiger partial charge is 0.349 e. The summed E-state index contributed by atoms with van der Waals surface area (Å²) in [5, 5.41) is 0.891. The second-order valence-electron chi connectivity index (χ2n) is 7.05. The number of esters is 1. The van der Waals surface area contributed by atoms with E-state index in [1.165, 1.54) is 6.33 Å². The van der Waals surface area contributed by atoms with E-state index in [0.717, 1.165) is 10.9 Å². The van der Waals surface area contributed by atoms with Crippen molar-refractivity contribution < 1.29 is 23.7 Å². The van der Waals surface area contributed by atoms with Gasteiger partial charge in [-0.25, -0.2) is 14.8 Å². The van der Waals surface area contributed by atoms with E-state index < -0.39 is 11.6 Å². The molecule has 1 heterocycles. The standard InChI is InChI=1S/C23H26N2O5/c1-4-27-22(26)23(2,3)30-18-12-10-17(11-13-18)28-14-7-15-29-21-19-8-5-6-9-20(19)24-16-25-21/h5-6,8-13,16H,4,7,14-15H2,1-3H3. The fourth-order valence-electron chi connectivity index (χ4n) is 2.76. The van der Waals surface area contributed by atoms with Crippen molar-refractivity contribution in [2.24, 2.45) is 0 Å². The van der Waals surface area contributed by atoms with Gasteiger partial charge in [0.1, 0.15) is 17.8 Å². The minimum absolute atomic E-state index is 0.315. The zero-order chi connectivity index (χ0) is 21.4. The van der Waals surface area contributed by atoms with Crippen LogP contribution in [0.1, 0.15) is 27.2 Å². The number of hydrogen-bond acceptors (Lipinski definition) is 7. The number of nitrogens with zero attached hydrogens (tertiary/aromatic N) is 2. The molecule has 0 fully saturated rings. The second-order valence-corrected chi connectivity index (χ2v) is 7.05. The zero-order valence-corrected chi connectivity index (χ0v) is 17.5. The molecule has 7 nitrogen and oxygen atoms in total. The third kappa shape index (κ3) is 5.59. The maximum atomic E-state index is 11.9. The Balaban J connectivity index is 1.44. The van der Waals surface area contributed by atoms with Crippen LogP contribution in [0.4, 0.5) is 0 Å². The molecule has 0 amide bonds. The maximum absolute atomic E-state index is 11.9. The molecule has 3 aromatic rings. The van der Waals surface area contributed by atoms with Crippen molar-refractivity contribution in [1.82, 2.24) is 9.97 Å². The fourth-order valence-corrected chi connectivity index (χ4v) is 2.76. The largest absolute Gasteiger partial charge is 0.493 e. The SMILES string of the molecule is CCOC(=O)C(C)(C)Oc1ccc(OCCCOc2ncnc3ccccc23)cc1. The summed E-state index contributed by atoms with van der Waals surface area (Å²) >= 11 is 0. The molecule has 0 saturated heterocycles. The highest BCUT2D eigenvalue weighted by molar-refractivity contribution is 5.82. The van der Waals surface area contributed by atoms with E-state index in [4.69, 9.17) is 18.9 Å². The normalized spacial score (nSPS) is 11.2. The lowest BCUT2D eigenvalue weighted by atomic mass is 10.1. The van der Waals surface area contributed by atoms with Crippen LogP contribution in [0.5, 0.6) is 17.4 Å². The van der Waals surface area contributed by atoms with Crippen molar-refractivity contribution in [1.29, 1.82) is 0 Å². The molecule has 30 heavy (non-hydrogen) atoms. The third-order valence-electron chi connectivity index (χ3n) is 4.27. The molecular formula is C23H26N2O5. The van der Waals surface area contributed by atoms with Crippen LogP contribution in [-0.2, 0) is 9.53 Å². The van der Waals surface area contributed by atoms with Gasteiger partial charge in [-0.3, -0.25) is 0 Å². The molecule has 158 valence electrons. The van der Waals surface area contributed by atoms with E-state index in [9.17, 15) is 4.79 Å². The Bertz CT molecular complexity index is 967. The van der Waals surface area contributed by atoms with Crippen molar-refractivity contribution >= 4 is 16.9 Å². The van der Waals surface area contributed by atoms with Crippen LogP contribution >= 0.6 is 0 Å². The first kappa shape index (κ1) is 21.4. The Morgan fingerprint density at radius 3 is 2.40 bits per heavy atom. The quantitative estimate of drug-likeness (QED) is 0.366. The van der Waals surface area contributed by atoms with Crippen molar-refractivity contribution in [2.75, 3.05) is 19.8 Å². The number of benzene rings is 2. The first-order valence-electron chi connectivity index (χ1n) is 9.91. The molecule has 0 atom stereocenters. The van der Waals surface area contributed by atoms with Gasteiger partial charge in [0.05, 0.1) is 30.7 Å². The molecule has 0 saturated carbocycles. The molecule has 3 rings (SSSR count). The lowest BCUT2D eigenvalue weighted by Crippen LogP contribution is -2.39. The predicted octanol–water partition coefficient (Wildman–Crippen LogP) is 4.20. The number of ether oxygens (including phenoxy) is 4. The third-order valence-corrected chi connectivity index (χ3v) is 4.27. The number of rotatable bonds is 10. The Kier molecular flexibility index (Phi) is 7.06. The van der Waals surface area contributed by atoms with E-state index in [1.54, 1.807) is 45.0 Å². The number of fused-ring (bicyclic) bond motifs is 1. The molecule has 0 aliphatic heterocycles. The van der Waals surface area contributed by atoms with Gasteiger partial charge in [0, 0.05) is 6.42 Å². The van der Waals surface area contributed by atoms with Crippen LogP contribution in [-0.4, -0.2) is 41.4 Å². The zero-order valence-electron chi connectivity index (χ0n) is 17.5. The molecule has 0 radical (unpaired) electrons. The molecule has 1 aromatic heterocycles. The molecule has 7 heteroatoms. The number of hydrogen-bond donors (Lipinski definition) is 0. The Hall–Kier alpha value is -3.35. The topological polar surface area (TPSA) is 79.8 Å². The lowest BCUT2D eigenvalue weighted by Gasteiger charge is -2.24. The first-order valence-corrected chi connectivity index (χ1v) is 9.91. The summed E-state index contributed by atoms with van der Waals surface area (Å²) in [7, 11) is 0. The highest BCUT2D eigenvalue weighted by atomic mass is 16.6. The number of carbonyl (C=O) groups excluding carboxylic acids is 1. The number of carbonyl (C=O) groups is 1. The van der Waals surface area contributed by atoms with E-state index in [1.807, 2.05) is 24.3 Å². The highest BCUT2D eigenvalue weighted by Gasteiger charge is 2.31. The summed E-state index contributed by atoms with van der Waals surface area (Å²) in [4.78, 5) is 20.3. The van der Waals surface area contributed by atoms with Crippen LogP contribution in [0.3, 0.4) is 0 Å². The van der Waals surface area contributed by atoms with E-state index in [0.29, 0.717) is 43.6 Å². The average Bonchev–Trinajstić information content (AvgIpc) is 2.75. The van der Waals surface area contributed by atoms with Crippen molar-refractivity contribution in [3.05, 3.63) is 54.9 Å². The summed E-state index contributed by atoms with van der Waals surface area (Å²) in [5.74, 6) is 1.45. The maximum Gasteiger partial charge on any atom is 0.349 e. The van der Waals surface area contributed by atoms with Crippen LogP contribution in [0.15, 0.2) is 54.9 Å². The Morgan fingerprint density at radius 1 is 0.933 bits per heavy atom. The molecule has 0 bridgehead atoms. The average molecular weight is 410 g/mol. The lowest BCUT2D eigenvalue weighted by molar-refractivity contribution is -0.158. The summed E-state index contributed by atoms with van der Waals surface area (Å²) in [6.45, 7) is 6.41. The Labute approximate surface area is 176 Å². The van der Waals surface area contributed by atoms with Gasteiger partial charge in [-0.2, -0.15) is 0 Å². The highest BCUT2D eigenvalue weighted by Crippen LogP contribution is 2.23. The van der Waals surface area contributed by atoms with Crippen LogP contribution in [0.25, 0.3) is 10.9 Å². The minimum Gasteiger partial charge on any atom is -0.493 e. The van der Waals surface area contributed by atoms with Gasteiger partial charge in [-0.15, -0.1) is 0 Å². The summed E-state index contributed by atoms with van der Waals surface area (Å²) < 4.78 is 22.3. The monoisotopic (exact) mass is 410 g/mol. The van der Waals surface area contributed by atoms with Gasteiger partial charge in [-0.05, 0) is 57.2 Å². The van der Waals surface area contributed by atoms with E-state index >= 15 is 0 Å². The molecule has 0 spiro atoms. The molecule has 0 N–H and O–H groups in total. The van der Waals surface area contributed by atoms with Gasteiger partial charge in [0.2, 0.25) is 5.88 Å². The molecule has 0 unspecified atom stereocenters. The Morgan fingerprint density at radius 2 is 1.63 bits per heavy atom. The number of aromatic nitrogens is 2.